The van der Waals surface area contributed by atoms with Crippen LogP contribution in [0, 0.1) is 17.5 Å². The highest BCUT2D eigenvalue weighted by molar-refractivity contribution is 6.33. The molecule has 1 N–H and O–H groups in total. The molecular weight excluding hydrogens is 275 g/mol. The Morgan fingerprint density at radius 1 is 1.05 bits per heavy atom. The minimum absolute atomic E-state index is 0.0807. The molecule has 1 nitrogen and oxygen atoms in total. The smallest absolute Gasteiger partial charge is 0.131 e. The molecule has 2 aromatic rings. The molecule has 0 aromatic heterocycles. The quantitative estimate of drug-likeness (QED) is 0.843. The molecule has 0 aliphatic carbocycles. The first-order valence-electron chi connectivity index (χ1n) is 5.64. The van der Waals surface area contributed by atoms with Gasteiger partial charge in [-0.3, -0.25) is 0 Å². The van der Waals surface area contributed by atoms with Crippen molar-refractivity contribution in [2.75, 3.05) is 5.32 Å². The monoisotopic (exact) mass is 285 g/mol. The molecule has 0 aliphatic rings. The molecule has 0 heterocycles. The molecule has 5 heteroatoms. The van der Waals surface area contributed by atoms with Crippen LogP contribution in [-0.4, -0.2) is 0 Å². The van der Waals surface area contributed by atoms with Crippen molar-refractivity contribution < 1.29 is 13.2 Å². The highest BCUT2D eigenvalue weighted by Gasteiger charge is 2.16. The molecule has 0 aliphatic heterocycles. The van der Waals surface area contributed by atoms with Gasteiger partial charge in [-0.1, -0.05) is 17.7 Å². The second kappa shape index (κ2) is 5.53. The van der Waals surface area contributed by atoms with Gasteiger partial charge in [0.05, 0.1) is 16.8 Å². The van der Waals surface area contributed by atoms with Crippen molar-refractivity contribution in [1.82, 2.24) is 0 Å². The zero-order chi connectivity index (χ0) is 14.0. The Morgan fingerprint density at radius 2 is 1.68 bits per heavy atom. The number of halogens is 4. The van der Waals surface area contributed by atoms with Gasteiger partial charge in [0.1, 0.15) is 17.5 Å². The first-order valence-corrected chi connectivity index (χ1v) is 6.02. The van der Waals surface area contributed by atoms with Gasteiger partial charge in [0, 0.05) is 5.56 Å². The molecule has 1 atom stereocenters. The van der Waals surface area contributed by atoms with E-state index in [9.17, 15) is 13.2 Å². The zero-order valence-electron chi connectivity index (χ0n) is 10.1. The summed E-state index contributed by atoms with van der Waals surface area (Å²) in [5.74, 6) is -1.75. The van der Waals surface area contributed by atoms with Crippen molar-refractivity contribution in [3.05, 3.63) is 64.4 Å². The summed E-state index contributed by atoms with van der Waals surface area (Å²) in [6.07, 6.45) is 0. The molecule has 1 unspecified atom stereocenters. The molecule has 0 saturated heterocycles. The number of benzene rings is 2. The topological polar surface area (TPSA) is 12.0 Å². The first kappa shape index (κ1) is 13.7. The Morgan fingerprint density at radius 3 is 2.26 bits per heavy atom. The van der Waals surface area contributed by atoms with E-state index in [-0.39, 0.29) is 10.6 Å². The van der Waals surface area contributed by atoms with Crippen molar-refractivity contribution in [3.8, 4) is 0 Å². The van der Waals surface area contributed by atoms with E-state index in [1.54, 1.807) is 6.92 Å². The van der Waals surface area contributed by atoms with Crippen molar-refractivity contribution in [3.63, 3.8) is 0 Å². The van der Waals surface area contributed by atoms with Gasteiger partial charge in [-0.15, -0.1) is 0 Å². The normalized spacial score (nSPS) is 12.3. The third kappa shape index (κ3) is 3.01. The Balaban J connectivity index is 2.28. The molecule has 0 spiro atoms. The van der Waals surface area contributed by atoms with E-state index in [1.165, 1.54) is 30.3 Å². The lowest BCUT2D eigenvalue weighted by molar-refractivity contribution is 0.544. The van der Waals surface area contributed by atoms with Crippen LogP contribution in [0.3, 0.4) is 0 Å². The molecular formula is C14H11ClF3N. The number of nitrogens with one attached hydrogen (secondary N) is 1. The summed E-state index contributed by atoms with van der Waals surface area (Å²) in [6.45, 7) is 1.60. The van der Waals surface area contributed by atoms with Crippen LogP contribution in [0.15, 0.2) is 36.4 Å². The van der Waals surface area contributed by atoms with Gasteiger partial charge < -0.3 is 5.32 Å². The lowest BCUT2D eigenvalue weighted by Gasteiger charge is -2.18. The fraction of sp³-hybridized carbons (Fsp3) is 0.143. The maximum Gasteiger partial charge on any atom is 0.131 e. The Labute approximate surface area is 114 Å². The van der Waals surface area contributed by atoms with Crippen molar-refractivity contribution in [1.29, 1.82) is 0 Å². The summed E-state index contributed by atoms with van der Waals surface area (Å²) >= 11 is 5.85. The molecule has 0 bridgehead atoms. The zero-order valence-corrected chi connectivity index (χ0v) is 10.8. The first-order chi connectivity index (χ1) is 8.99. The van der Waals surface area contributed by atoms with Crippen LogP contribution in [0.1, 0.15) is 18.5 Å². The molecule has 100 valence electrons. The minimum Gasteiger partial charge on any atom is -0.377 e. The fourth-order valence-corrected chi connectivity index (χ4v) is 2.06. The lowest BCUT2D eigenvalue weighted by Crippen LogP contribution is -2.11. The summed E-state index contributed by atoms with van der Waals surface area (Å²) < 4.78 is 40.1. The predicted octanol–water partition coefficient (Wildman–Crippen LogP) is 4.93. The number of hydrogen-bond donors (Lipinski definition) is 1. The molecule has 2 rings (SSSR count). The standard InChI is InChI=1S/C14H11ClF3N/c1-8(14-11(17)3-2-4-12(14)18)19-13-6-5-9(16)7-10(13)15/h2-8,19H,1H3. The van der Waals surface area contributed by atoms with E-state index in [1.807, 2.05) is 0 Å². The minimum atomic E-state index is -0.641. The van der Waals surface area contributed by atoms with Crippen LogP contribution >= 0.6 is 11.6 Å². The van der Waals surface area contributed by atoms with Crippen LogP contribution in [0.2, 0.25) is 5.02 Å². The van der Waals surface area contributed by atoms with E-state index in [0.717, 1.165) is 6.07 Å². The molecule has 0 amide bonds. The highest BCUT2D eigenvalue weighted by atomic mass is 35.5. The average Bonchev–Trinajstić information content (AvgIpc) is 2.32. The number of rotatable bonds is 3. The lowest BCUT2D eigenvalue weighted by atomic mass is 10.1. The molecule has 19 heavy (non-hydrogen) atoms. The third-order valence-corrected chi connectivity index (χ3v) is 3.05. The van der Waals surface area contributed by atoms with Gasteiger partial charge in [0.15, 0.2) is 0 Å². The van der Waals surface area contributed by atoms with Crippen molar-refractivity contribution in [2.45, 2.75) is 13.0 Å². The van der Waals surface area contributed by atoms with E-state index >= 15 is 0 Å². The van der Waals surface area contributed by atoms with Gasteiger partial charge in [0.25, 0.3) is 0 Å². The fourth-order valence-electron chi connectivity index (χ4n) is 1.84. The summed E-state index contributed by atoms with van der Waals surface area (Å²) in [5.41, 5.74) is 0.334. The van der Waals surface area contributed by atoms with Crippen LogP contribution in [0.25, 0.3) is 0 Å². The van der Waals surface area contributed by atoms with Gasteiger partial charge in [-0.2, -0.15) is 0 Å². The Kier molecular flexibility index (Phi) is 4.00. The molecule has 0 saturated carbocycles. The average molecular weight is 286 g/mol. The van der Waals surface area contributed by atoms with Gasteiger partial charge in [0.2, 0.25) is 0 Å². The second-order valence-electron chi connectivity index (χ2n) is 4.13. The second-order valence-corrected chi connectivity index (χ2v) is 4.53. The molecule has 0 radical (unpaired) electrons. The molecule has 0 fully saturated rings. The predicted molar refractivity (Wildman–Crippen MR) is 69.8 cm³/mol. The Bertz CT molecular complexity index is 581. The maximum atomic E-state index is 13.6. The number of hydrogen-bond acceptors (Lipinski definition) is 1. The van der Waals surface area contributed by atoms with E-state index in [2.05, 4.69) is 5.32 Å². The summed E-state index contributed by atoms with van der Waals surface area (Å²) in [7, 11) is 0. The van der Waals surface area contributed by atoms with E-state index < -0.39 is 23.5 Å². The summed E-state index contributed by atoms with van der Waals surface area (Å²) in [4.78, 5) is 0. The summed E-state index contributed by atoms with van der Waals surface area (Å²) in [5, 5.41) is 3.01. The SMILES string of the molecule is CC(Nc1ccc(F)cc1Cl)c1c(F)cccc1F. The van der Waals surface area contributed by atoms with Crippen LogP contribution < -0.4 is 5.32 Å². The summed E-state index contributed by atoms with van der Waals surface area (Å²) in [6, 6.07) is 6.81. The van der Waals surface area contributed by atoms with E-state index in [4.69, 9.17) is 11.6 Å². The number of anilines is 1. The van der Waals surface area contributed by atoms with Crippen LogP contribution in [-0.2, 0) is 0 Å². The maximum absolute atomic E-state index is 13.6. The van der Waals surface area contributed by atoms with Crippen molar-refractivity contribution in [2.24, 2.45) is 0 Å². The highest BCUT2D eigenvalue weighted by Crippen LogP contribution is 2.28. The Hall–Kier alpha value is -1.68. The van der Waals surface area contributed by atoms with Gasteiger partial charge in [-0.05, 0) is 37.3 Å². The van der Waals surface area contributed by atoms with Crippen LogP contribution in [0.5, 0.6) is 0 Å². The largest absolute Gasteiger partial charge is 0.377 e. The van der Waals surface area contributed by atoms with Gasteiger partial charge in [-0.25, -0.2) is 13.2 Å². The van der Waals surface area contributed by atoms with Crippen LogP contribution in [0.4, 0.5) is 18.9 Å². The van der Waals surface area contributed by atoms with Gasteiger partial charge >= 0.3 is 0 Å². The molecule has 2 aromatic carbocycles. The van der Waals surface area contributed by atoms with E-state index in [0.29, 0.717) is 5.69 Å². The van der Waals surface area contributed by atoms with Crippen molar-refractivity contribution >= 4 is 17.3 Å². The third-order valence-electron chi connectivity index (χ3n) is 2.74.